The van der Waals surface area contributed by atoms with Crippen LogP contribution in [-0.4, -0.2) is 6.61 Å². The van der Waals surface area contributed by atoms with Gasteiger partial charge in [0, 0.05) is 6.04 Å². The third-order valence-electron chi connectivity index (χ3n) is 2.90. The molecule has 0 saturated heterocycles. The molecular formula is C15H25NO. The molecule has 1 rings (SSSR count). The quantitative estimate of drug-likeness (QED) is 0.690. The van der Waals surface area contributed by atoms with Crippen molar-refractivity contribution in [1.82, 2.24) is 0 Å². The van der Waals surface area contributed by atoms with Gasteiger partial charge in [0.2, 0.25) is 0 Å². The first-order valence-corrected chi connectivity index (χ1v) is 6.72. The SMILES string of the molecule is CCCCCCCOc1cccc(C(C)N)c1. The zero-order valence-electron chi connectivity index (χ0n) is 11.1. The third-order valence-corrected chi connectivity index (χ3v) is 2.90. The Hall–Kier alpha value is -1.02. The van der Waals surface area contributed by atoms with Gasteiger partial charge >= 0.3 is 0 Å². The number of hydrogen-bond donors (Lipinski definition) is 1. The molecule has 0 amide bonds. The maximum Gasteiger partial charge on any atom is 0.119 e. The normalized spacial score (nSPS) is 12.4. The standard InChI is InChI=1S/C15H25NO/c1-3-4-5-6-7-11-17-15-10-8-9-14(12-15)13(2)16/h8-10,12-13H,3-7,11,16H2,1-2H3. The van der Waals surface area contributed by atoms with Gasteiger partial charge in [0.25, 0.3) is 0 Å². The number of hydrogen-bond acceptors (Lipinski definition) is 2. The fourth-order valence-electron chi connectivity index (χ4n) is 1.78. The minimum Gasteiger partial charge on any atom is -0.494 e. The molecule has 0 aliphatic rings. The second-order valence-corrected chi connectivity index (χ2v) is 4.62. The second-order valence-electron chi connectivity index (χ2n) is 4.62. The van der Waals surface area contributed by atoms with Crippen molar-refractivity contribution in [3.05, 3.63) is 29.8 Å². The van der Waals surface area contributed by atoms with E-state index < -0.39 is 0 Å². The van der Waals surface area contributed by atoms with Crippen LogP contribution in [0.3, 0.4) is 0 Å². The van der Waals surface area contributed by atoms with Crippen molar-refractivity contribution in [2.45, 2.75) is 52.0 Å². The van der Waals surface area contributed by atoms with Crippen molar-refractivity contribution in [1.29, 1.82) is 0 Å². The van der Waals surface area contributed by atoms with Crippen LogP contribution in [0.1, 0.15) is 57.6 Å². The summed E-state index contributed by atoms with van der Waals surface area (Å²) in [6.45, 7) is 5.03. The summed E-state index contributed by atoms with van der Waals surface area (Å²) < 4.78 is 5.72. The molecular weight excluding hydrogens is 210 g/mol. The summed E-state index contributed by atoms with van der Waals surface area (Å²) in [4.78, 5) is 0. The molecule has 0 saturated carbocycles. The summed E-state index contributed by atoms with van der Waals surface area (Å²) in [6, 6.07) is 8.15. The predicted molar refractivity (Wildman–Crippen MR) is 73.3 cm³/mol. The molecule has 0 heterocycles. The summed E-state index contributed by atoms with van der Waals surface area (Å²) in [5, 5.41) is 0. The lowest BCUT2D eigenvalue weighted by Crippen LogP contribution is -2.05. The number of unbranched alkanes of at least 4 members (excludes halogenated alkanes) is 4. The number of nitrogens with two attached hydrogens (primary N) is 1. The van der Waals surface area contributed by atoms with E-state index in [1.807, 2.05) is 31.2 Å². The van der Waals surface area contributed by atoms with Gasteiger partial charge in [0.1, 0.15) is 5.75 Å². The van der Waals surface area contributed by atoms with E-state index in [2.05, 4.69) is 6.92 Å². The van der Waals surface area contributed by atoms with E-state index in [9.17, 15) is 0 Å². The molecule has 2 N–H and O–H groups in total. The molecule has 1 atom stereocenters. The Morgan fingerprint density at radius 3 is 2.65 bits per heavy atom. The van der Waals surface area contributed by atoms with Crippen molar-refractivity contribution >= 4 is 0 Å². The highest BCUT2D eigenvalue weighted by Gasteiger charge is 2.00. The molecule has 0 bridgehead atoms. The lowest BCUT2D eigenvalue weighted by atomic mass is 10.1. The fraction of sp³-hybridized carbons (Fsp3) is 0.600. The summed E-state index contributed by atoms with van der Waals surface area (Å²) in [5.74, 6) is 0.940. The Morgan fingerprint density at radius 2 is 1.94 bits per heavy atom. The Bertz CT molecular complexity index is 310. The largest absolute Gasteiger partial charge is 0.494 e. The molecule has 1 aromatic rings. The van der Waals surface area contributed by atoms with Crippen LogP contribution >= 0.6 is 0 Å². The van der Waals surface area contributed by atoms with Gasteiger partial charge in [0.05, 0.1) is 6.61 Å². The van der Waals surface area contributed by atoms with Gasteiger partial charge in [-0.1, -0.05) is 44.7 Å². The molecule has 0 radical (unpaired) electrons. The fourth-order valence-corrected chi connectivity index (χ4v) is 1.78. The van der Waals surface area contributed by atoms with Crippen molar-refractivity contribution in [3.8, 4) is 5.75 Å². The highest BCUT2D eigenvalue weighted by Crippen LogP contribution is 2.17. The van der Waals surface area contributed by atoms with E-state index >= 15 is 0 Å². The van der Waals surface area contributed by atoms with E-state index in [0.29, 0.717) is 0 Å². The van der Waals surface area contributed by atoms with Crippen molar-refractivity contribution in [2.24, 2.45) is 5.73 Å². The Morgan fingerprint density at radius 1 is 1.18 bits per heavy atom. The number of rotatable bonds is 8. The summed E-state index contributed by atoms with van der Waals surface area (Å²) in [6.07, 6.45) is 6.35. The molecule has 96 valence electrons. The molecule has 0 aromatic heterocycles. The van der Waals surface area contributed by atoms with Crippen molar-refractivity contribution in [2.75, 3.05) is 6.61 Å². The maximum atomic E-state index is 5.84. The molecule has 17 heavy (non-hydrogen) atoms. The minimum absolute atomic E-state index is 0.0723. The lowest BCUT2D eigenvalue weighted by Gasteiger charge is -2.09. The van der Waals surface area contributed by atoms with Gasteiger partial charge in [-0.05, 0) is 31.0 Å². The van der Waals surface area contributed by atoms with E-state index in [0.717, 1.165) is 24.3 Å². The molecule has 2 heteroatoms. The minimum atomic E-state index is 0.0723. The smallest absolute Gasteiger partial charge is 0.119 e. The molecule has 0 fully saturated rings. The Labute approximate surface area is 105 Å². The number of ether oxygens (including phenoxy) is 1. The molecule has 0 aliphatic carbocycles. The molecule has 2 nitrogen and oxygen atoms in total. The number of benzene rings is 1. The highest BCUT2D eigenvalue weighted by molar-refractivity contribution is 5.30. The van der Waals surface area contributed by atoms with Gasteiger partial charge in [-0.2, -0.15) is 0 Å². The first kappa shape index (κ1) is 14.0. The Kier molecular flexibility index (Phi) is 6.71. The Balaban J connectivity index is 2.24. The topological polar surface area (TPSA) is 35.2 Å². The van der Waals surface area contributed by atoms with Crippen molar-refractivity contribution < 1.29 is 4.74 Å². The van der Waals surface area contributed by atoms with Crippen LogP contribution < -0.4 is 10.5 Å². The van der Waals surface area contributed by atoms with E-state index in [1.54, 1.807) is 0 Å². The zero-order valence-corrected chi connectivity index (χ0v) is 11.1. The molecule has 1 unspecified atom stereocenters. The third kappa shape index (κ3) is 5.73. The molecule has 0 aliphatic heterocycles. The van der Waals surface area contributed by atoms with Crippen LogP contribution in [0.15, 0.2) is 24.3 Å². The van der Waals surface area contributed by atoms with Crippen LogP contribution in [0.4, 0.5) is 0 Å². The summed E-state index contributed by atoms with van der Waals surface area (Å²) >= 11 is 0. The van der Waals surface area contributed by atoms with E-state index in [1.165, 1.54) is 25.7 Å². The van der Waals surface area contributed by atoms with Crippen LogP contribution in [0.5, 0.6) is 5.75 Å². The highest BCUT2D eigenvalue weighted by atomic mass is 16.5. The maximum absolute atomic E-state index is 5.84. The van der Waals surface area contributed by atoms with Gasteiger partial charge in [0.15, 0.2) is 0 Å². The van der Waals surface area contributed by atoms with E-state index in [4.69, 9.17) is 10.5 Å². The molecule has 0 spiro atoms. The second kappa shape index (κ2) is 8.13. The predicted octanol–water partition coefficient (Wildman–Crippen LogP) is 4.06. The molecule has 1 aromatic carbocycles. The van der Waals surface area contributed by atoms with Gasteiger partial charge in [-0.3, -0.25) is 0 Å². The van der Waals surface area contributed by atoms with Gasteiger partial charge in [-0.15, -0.1) is 0 Å². The van der Waals surface area contributed by atoms with Crippen LogP contribution in [0.25, 0.3) is 0 Å². The van der Waals surface area contributed by atoms with Gasteiger partial charge in [-0.25, -0.2) is 0 Å². The summed E-state index contributed by atoms with van der Waals surface area (Å²) in [5.41, 5.74) is 6.97. The van der Waals surface area contributed by atoms with Crippen LogP contribution in [0, 0.1) is 0 Å². The average molecular weight is 235 g/mol. The lowest BCUT2D eigenvalue weighted by molar-refractivity contribution is 0.304. The first-order chi connectivity index (χ1) is 8.24. The zero-order chi connectivity index (χ0) is 12.5. The van der Waals surface area contributed by atoms with Crippen molar-refractivity contribution in [3.63, 3.8) is 0 Å². The van der Waals surface area contributed by atoms with E-state index in [-0.39, 0.29) is 6.04 Å². The van der Waals surface area contributed by atoms with Gasteiger partial charge < -0.3 is 10.5 Å². The van der Waals surface area contributed by atoms with Crippen LogP contribution in [0.2, 0.25) is 0 Å². The first-order valence-electron chi connectivity index (χ1n) is 6.72. The van der Waals surface area contributed by atoms with Crippen LogP contribution in [-0.2, 0) is 0 Å². The monoisotopic (exact) mass is 235 g/mol. The average Bonchev–Trinajstić information content (AvgIpc) is 2.34. The summed E-state index contributed by atoms with van der Waals surface area (Å²) in [7, 11) is 0.